The minimum absolute atomic E-state index is 0.0156. The number of benzene rings is 1. The first-order valence-corrected chi connectivity index (χ1v) is 9.07. The van der Waals surface area contributed by atoms with Crippen molar-refractivity contribution in [1.29, 1.82) is 0 Å². The Labute approximate surface area is 126 Å². The maximum absolute atomic E-state index is 12.3. The van der Waals surface area contributed by atoms with Gasteiger partial charge in [-0.3, -0.25) is 0 Å². The van der Waals surface area contributed by atoms with E-state index in [9.17, 15) is 4.79 Å². The fourth-order valence-electron chi connectivity index (χ4n) is 1.81. The molecule has 5 nitrogen and oxygen atoms in total. The normalized spacial score (nSPS) is 11.2. The van der Waals surface area contributed by atoms with Crippen LogP contribution in [-0.2, 0) is 0 Å². The van der Waals surface area contributed by atoms with Gasteiger partial charge in [0.05, 0.1) is 0 Å². The molecule has 0 unspecified atom stereocenters. The van der Waals surface area contributed by atoms with E-state index in [-0.39, 0.29) is 20.3 Å². The summed E-state index contributed by atoms with van der Waals surface area (Å²) in [4.78, 5) is 16.7. The molecule has 0 aliphatic carbocycles. The molecule has 7 heteroatoms. The van der Waals surface area contributed by atoms with Gasteiger partial charge in [-0.15, -0.1) is 0 Å². The van der Waals surface area contributed by atoms with Crippen molar-refractivity contribution in [3.8, 4) is 5.95 Å². The van der Waals surface area contributed by atoms with E-state index in [4.69, 9.17) is 0 Å². The van der Waals surface area contributed by atoms with Gasteiger partial charge in [-0.25, -0.2) is 0 Å². The van der Waals surface area contributed by atoms with Crippen molar-refractivity contribution in [2.24, 2.45) is 0 Å². The topological polar surface area (TPSA) is 63.6 Å². The van der Waals surface area contributed by atoms with Crippen molar-refractivity contribution in [1.82, 2.24) is 18.7 Å². The molecule has 2 heterocycles. The molecule has 1 N–H and O–H groups in total. The van der Waals surface area contributed by atoms with E-state index in [1.54, 1.807) is 15.3 Å². The molecule has 0 bridgehead atoms. The summed E-state index contributed by atoms with van der Waals surface area (Å²) < 4.78 is 2.80. The molecule has 3 aromatic rings. The fourth-order valence-corrected chi connectivity index (χ4v) is 4.66. The Balaban J connectivity index is 1.91. The van der Waals surface area contributed by atoms with Crippen LogP contribution in [-0.4, -0.2) is 39.2 Å². The van der Waals surface area contributed by atoms with Crippen LogP contribution in [0.3, 0.4) is 0 Å². The second-order valence-electron chi connectivity index (χ2n) is 4.33. The second-order valence-corrected chi connectivity index (χ2v) is 7.46. The third-order valence-electron chi connectivity index (χ3n) is 2.87. The number of rotatable bonds is 5. The minimum atomic E-state index is -0.0570. The number of nitrogens with one attached hydrogen (secondary N) is 1. The number of unbranched alkanes of at least 4 members (excludes halogenated alkanes) is 1. The van der Waals surface area contributed by atoms with Gasteiger partial charge in [0.2, 0.25) is 0 Å². The molecule has 20 heavy (non-hydrogen) atoms. The Morgan fingerprint density at radius 1 is 1.40 bits per heavy atom. The zero-order chi connectivity index (χ0) is 13.9. The average Bonchev–Trinajstić information content (AvgIpc) is 3.05. The zero-order valence-corrected chi connectivity index (χ0v) is 13.5. The summed E-state index contributed by atoms with van der Waals surface area (Å²) in [6.07, 6.45) is 2.31. The van der Waals surface area contributed by atoms with Crippen LogP contribution >= 0.6 is 11.8 Å². The number of thioether (sulfide) groups is 1. The van der Waals surface area contributed by atoms with E-state index < -0.39 is 0 Å². The number of H-pyrrole nitrogens is 1. The summed E-state index contributed by atoms with van der Waals surface area (Å²) in [6, 6.07) is 7.72. The monoisotopic (exact) mass is 354 g/mol. The summed E-state index contributed by atoms with van der Waals surface area (Å²) >= 11 is 1.57. The summed E-state index contributed by atoms with van der Waals surface area (Å²) in [7, 11) is 0. The molecule has 0 amide bonds. The first-order valence-electron chi connectivity index (χ1n) is 6.46. The molecule has 0 radical (unpaired) electrons. The molecular weight excluding hydrogens is 339 g/mol. The van der Waals surface area contributed by atoms with Crippen LogP contribution in [0.5, 0.6) is 0 Å². The molecule has 3 rings (SSSR count). The Bertz CT molecular complexity index is 776. The van der Waals surface area contributed by atoms with E-state index in [0.717, 1.165) is 28.2 Å². The molecule has 0 aliphatic heterocycles. The van der Waals surface area contributed by atoms with Crippen LogP contribution in [0.1, 0.15) is 19.8 Å². The van der Waals surface area contributed by atoms with Crippen molar-refractivity contribution in [3.05, 3.63) is 34.6 Å². The van der Waals surface area contributed by atoms with E-state index >= 15 is 0 Å². The van der Waals surface area contributed by atoms with E-state index in [2.05, 4.69) is 22.1 Å². The van der Waals surface area contributed by atoms with E-state index in [0.29, 0.717) is 11.1 Å². The third kappa shape index (κ3) is 2.61. The van der Waals surface area contributed by atoms with Crippen molar-refractivity contribution in [2.45, 2.75) is 24.9 Å². The van der Waals surface area contributed by atoms with Crippen LogP contribution in [0.2, 0.25) is 0 Å². The van der Waals surface area contributed by atoms with Crippen LogP contribution in [0.25, 0.3) is 15.6 Å². The van der Waals surface area contributed by atoms with Crippen LogP contribution < -0.4 is 5.56 Å². The quantitative estimate of drug-likeness (QED) is 0.433. The number of nitrogens with zero attached hydrogens (tertiary/aromatic N) is 3. The van der Waals surface area contributed by atoms with Crippen molar-refractivity contribution < 1.29 is 0 Å². The Kier molecular flexibility index (Phi) is 4.10. The Morgan fingerprint density at radius 2 is 2.25 bits per heavy atom. The molecule has 0 saturated carbocycles. The Hall–Kier alpha value is -1.30. The van der Waals surface area contributed by atoms with Gasteiger partial charge < -0.3 is 0 Å². The number of aromatic amines is 1. The van der Waals surface area contributed by atoms with Gasteiger partial charge >= 0.3 is 126 Å². The second kappa shape index (κ2) is 5.99. The molecule has 0 fully saturated rings. The van der Waals surface area contributed by atoms with Gasteiger partial charge in [0.25, 0.3) is 0 Å². The van der Waals surface area contributed by atoms with Gasteiger partial charge in [0.1, 0.15) is 0 Å². The van der Waals surface area contributed by atoms with Gasteiger partial charge in [-0.05, 0) is 0 Å². The third-order valence-corrected chi connectivity index (χ3v) is 6.05. The van der Waals surface area contributed by atoms with Crippen molar-refractivity contribution >= 4 is 36.1 Å². The predicted molar refractivity (Wildman–Crippen MR) is 82.1 cm³/mol. The SMILES string of the molecule is CCCCSc1n[nH]c(-n2[se]c3ccccc3c2=O)n1. The van der Waals surface area contributed by atoms with E-state index in [1.165, 1.54) is 0 Å². The van der Waals surface area contributed by atoms with Crippen molar-refractivity contribution in [2.75, 3.05) is 5.75 Å². The van der Waals surface area contributed by atoms with Crippen LogP contribution in [0.15, 0.2) is 34.2 Å². The van der Waals surface area contributed by atoms with E-state index in [1.807, 2.05) is 24.3 Å². The number of fused-ring (bicyclic) bond motifs is 1. The molecule has 0 aliphatic rings. The molecule has 0 spiro atoms. The molecule has 2 aromatic heterocycles. The van der Waals surface area contributed by atoms with Crippen molar-refractivity contribution in [3.63, 3.8) is 0 Å². The molecule has 104 valence electrons. The summed E-state index contributed by atoms with van der Waals surface area (Å²) in [5.74, 6) is 1.57. The van der Waals surface area contributed by atoms with Gasteiger partial charge in [-0.2, -0.15) is 0 Å². The number of aromatic nitrogens is 4. The number of hydrogen-bond acceptors (Lipinski definition) is 4. The van der Waals surface area contributed by atoms with Gasteiger partial charge in [0.15, 0.2) is 0 Å². The first kappa shape index (κ1) is 13.7. The Morgan fingerprint density at radius 3 is 3.05 bits per heavy atom. The number of hydrogen-bond donors (Lipinski definition) is 1. The predicted octanol–water partition coefficient (Wildman–Crippen LogP) is 2.06. The zero-order valence-electron chi connectivity index (χ0n) is 11.0. The fraction of sp³-hybridized carbons (Fsp3) is 0.308. The molecular formula is C13H14N4OSSe. The summed E-state index contributed by atoms with van der Waals surface area (Å²) in [6.45, 7) is 2.16. The maximum atomic E-state index is 12.3. The van der Waals surface area contributed by atoms with Gasteiger partial charge in [0, 0.05) is 0 Å². The summed E-state index contributed by atoms with van der Waals surface area (Å²) in [5, 5.41) is 8.55. The first-order chi connectivity index (χ1) is 9.79. The van der Waals surface area contributed by atoms with Crippen LogP contribution in [0.4, 0.5) is 0 Å². The van der Waals surface area contributed by atoms with Crippen LogP contribution in [0, 0.1) is 0 Å². The molecule has 0 saturated heterocycles. The summed E-state index contributed by atoms with van der Waals surface area (Å²) in [5.41, 5.74) is 0.0156. The average molecular weight is 353 g/mol. The molecule has 1 aromatic carbocycles. The van der Waals surface area contributed by atoms with Gasteiger partial charge in [-0.1, -0.05) is 0 Å². The molecule has 0 atom stereocenters. The standard InChI is InChI=1S/C13H14N4OSSe/c1-2-3-8-19-13-14-12(15-16-13)17-11(18)9-6-4-5-7-10(9)20-17/h4-7H,2-3,8H2,1H3,(H,14,15,16).